The molecule has 0 aliphatic carbocycles. The number of methoxy groups -OCH3 is 1. The SMILES string of the molecule is COc1cc(Cl)ccc1C(=O)Cc1c(C)nn(C)c1Cl. The van der Waals surface area contributed by atoms with Crippen LogP contribution in [-0.2, 0) is 13.5 Å². The number of nitrogens with zero attached hydrogens (tertiary/aromatic N) is 2. The Hall–Kier alpha value is -1.52. The van der Waals surface area contributed by atoms with E-state index in [2.05, 4.69) is 5.10 Å². The molecule has 4 nitrogen and oxygen atoms in total. The van der Waals surface area contributed by atoms with Crippen LogP contribution in [0.1, 0.15) is 21.6 Å². The first-order chi connectivity index (χ1) is 9.43. The van der Waals surface area contributed by atoms with Crippen LogP contribution in [0.2, 0.25) is 10.2 Å². The zero-order valence-corrected chi connectivity index (χ0v) is 12.9. The predicted octanol–water partition coefficient (Wildman–Crippen LogP) is 3.47. The van der Waals surface area contributed by atoms with Crippen molar-refractivity contribution >= 4 is 29.0 Å². The van der Waals surface area contributed by atoms with Gasteiger partial charge in [-0.2, -0.15) is 5.10 Å². The summed E-state index contributed by atoms with van der Waals surface area (Å²) in [6, 6.07) is 4.94. The number of aromatic nitrogens is 2. The minimum absolute atomic E-state index is 0.0866. The zero-order chi connectivity index (χ0) is 14.9. The van der Waals surface area contributed by atoms with Gasteiger partial charge in [0.25, 0.3) is 0 Å². The quantitative estimate of drug-likeness (QED) is 0.812. The minimum Gasteiger partial charge on any atom is -0.496 e. The average Bonchev–Trinajstić information content (AvgIpc) is 2.65. The smallest absolute Gasteiger partial charge is 0.171 e. The summed E-state index contributed by atoms with van der Waals surface area (Å²) in [6.45, 7) is 1.83. The molecule has 2 aromatic rings. The number of ether oxygens (including phenoxy) is 1. The van der Waals surface area contributed by atoms with E-state index in [4.69, 9.17) is 27.9 Å². The molecule has 0 amide bonds. The van der Waals surface area contributed by atoms with Crippen LogP contribution in [0.4, 0.5) is 0 Å². The molecule has 20 heavy (non-hydrogen) atoms. The van der Waals surface area contributed by atoms with E-state index in [-0.39, 0.29) is 12.2 Å². The summed E-state index contributed by atoms with van der Waals surface area (Å²) in [4.78, 5) is 12.4. The Morgan fingerprint density at radius 3 is 2.65 bits per heavy atom. The number of carbonyl (C=O) groups is 1. The Morgan fingerprint density at radius 1 is 1.40 bits per heavy atom. The van der Waals surface area contributed by atoms with Gasteiger partial charge in [0, 0.05) is 24.1 Å². The number of rotatable bonds is 4. The fraction of sp³-hybridized carbons (Fsp3) is 0.286. The largest absolute Gasteiger partial charge is 0.496 e. The molecular weight excluding hydrogens is 299 g/mol. The van der Waals surface area contributed by atoms with E-state index in [0.29, 0.717) is 21.5 Å². The van der Waals surface area contributed by atoms with Gasteiger partial charge in [0.15, 0.2) is 5.78 Å². The van der Waals surface area contributed by atoms with E-state index >= 15 is 0 Å². The normalized spacial score (nSPS) is 10.7. The molecule has 0 aliphatic rings. The number of carbonyl (C=O) groups excluding carboxylic acids is 1. The Balaban J connectivity index is 2.33. The predicted molar refractivity (Wildman–Crippen MR) is 79.0 cm³/mol. The third kappa shape index (κ3) is 2.81. The number of hydrogen-bond acceptors (Lipinski definition) is 3. The number of hydrogen-bond donors (Lipinski definition) is 0. The van der Waals surface area contributed by atoms with Crippen molar-refractivity contribution in [3.8, 4) is 5.75 Å². The summed E-state index contributed by atoms with van der Waals surface area (Å²) in [5.74, 6) is 0.372. The molecule has 1 aromatic heterocycles. The zero-order valence-electron chi connectivity index (χ0n) is 11.4. The first-order valence-electron chi connectivity index (χ1n) is 5.98. The first kappa shape index (κ1) is 14.9. The van der Waals surface area contributed by atoms with E-state index in [1.807, 2.05) is 6.92 Å². The van der Waals surface area contributed by atoms with Crippen LogP contribution < -0.4 is 4.74 Å². The van der Waals surface area contributed by atoms with E-state index in [1.165, 1.54) is 7.11 Å². The fourth-order valence-corrected chi connectivity index (χ4v) is 2.43. The molecular formula is C14H14Cl2N2O2. The molecule has 0 unspecified atom stereocenters. The van der Waals surface area contributed by atoms with Crippen molar-refractivity contribution in [3.63, 3.8) is 0 Å². The Morgan fingerprint density at radius 2 is 2.10 bits per heavy atom. The van der Waals surface area contributed by atoms with Crippen molar-refractivity contribution < 1.29 is 9.53 Å². The monoisotopic (exact) mass is 312 g/mol. The second kappa shape index (κ2) is 5.85. The summed E-state index contributed by atoms with van der Waals surface area (Å²) in [6.07, 6.45) is 0.177. The number of benzene rings is 1. The molecule has 0 bridgehead atoms. The first-order valence-corrected chi connectivity index (χ1v) is 6.74. The lowest BCUT2D eigenvalue weighted by Gasteiger charge is -2.08. The fourth-order valence-electron chi connectivity index (χ4n) is 2.03. The molecule has 0 saturated heterocycles. The van der Waals surface area contributed by atoms with Crippen LogP contribution in [0.25, 0.3) is 0 Å². The van der Waals surface area contributed by atoms with Gasteiger partial charge in [-0.3, -0.25) is 9.48 Å². The van der Waals surface area contributed by atoms with Crippen molar-refractivity contribution in [2.24, 2.45) is 7.05 Å². The lowest BCUT2D eigenvalue weighted by atomic mass is 10.0. The topological polar surface area (TPSA) is 44.1 Å². The minimum atomic E-state index is -0.0866. The van der Waals surface area contributed by atoms with Crippen LogP contribution in [0.3, 0.4) is 0 Å². The third-order valence-corrected chi connectivity index (χ3v) is 3.78. The second-order valence-corrected chi connectivity index (χ2v) is 5.22. The summed E-state index contributed by atoms with van der Waals surface area (Å²) >= 11 is 12.0. The molecule has 0 N–H and O–H groups in total. The van der Waals surface area contributed by atoms with Gasteiger partial charge in [0.1, 0.15) is 10.9 Å². The van der Waals surface area contributed by atoms with Crippen molar-refractivity contribution in [2.75, 3.05) is 7.11 Å². The van der Waals surface area contributed by atoms with Gasteiger partial charge in [-0.05, 0) is 25.1 Å². The van der Waals surface area contributed by atoms with E-state index in [1.54, 1.807) is 29.9 Å². The highest BCUT2D eigenvalue weighted by atomic mass is 35.5. The van der Waals surface area contributed by atoms with Gasteiger partial charge in [0.05, 0.1) is 18.4 Å². The van der Waals surface area contributed by atoms with E-state index < -0.39 is 0 Å². The number of halogens is 2. The molecule has 0 aliphatic heterocycles. The maximum absolute atomic E-state index is 12.4. The Kier molecular flexibility index (Phi) is 4.35. The van der Waals surface area contributed by atoms with E-state index in [9.17, 15) is 4.79 Å². The highest BCUT2D eigenvalue weighted by Gasteiger charge is 2.18. The molecule has 106 valence electrons. The van der Waals surface area contributed by atoms with Gasteiger partial charge in [0.2, 0.25) is 0 Å². The van der Waals surface area contributed by atoms with E-state index in [0.717, 1.165) is 11.3 Å². The summed E-state index contributed by atoms with van der Waals surface area (Å²) < 4.78 is 6.75. The van der Waals surface area contributed by atoms with Crippen LogP contribution in [0, 0.1) is 6.92 Å². The maximum atomic E-state index is 12.4. The average molecular weight is 313 g/mol. The van der Waals surface area contributed by atoms with Crippen molar-refractivity contribution in [3.05, 3.63) is 45.2 Å². The lowest BCUT2D eigenvalue weighted by Crippen LogP contribution is -2.06. The molecule has 0 saturated carbocycles. The second-order valence-electron chi connectivity index (χ2n) is 4.42. The molecule has 1 aromatic carbocycles. The van der Waals surface area contributed by atoms with Gasteiger partial charge >= 0.3 is 0 Å². The standard InChI is InChI=1S/C14H14Cl2N2O2/c1-8-11(14(16)18(2)17-8)7-12(19)10-5-4-9(15)6-13(10)20-3/h4-6H,7H2,1-3H3. The van der Waals surface area contributed by atoms with Crippen LogP contribution in [0.15, 0.2) is 18.2 Å². The summed E-state index contributed by atoms with van der Waals surface area (Å²) in [7, 11) is 3.25. The van der Waals surface area contributed by atoms with Crippen LogP contribution in [0.5, 0.6) is 5.75 Å². The highest BCUT2D eigenvalue weighted by molar-refractivity contribution is 6.31. The lowest BCUT2D eigenvalue weighted by molar-refractivity contribution is 0.0990. The third-order valence-electron chi connectivity index (χ3n) is 3.07. The number of ketones is 1. The van der Waals surface area contributed by atoms with Crippen molar-refractivity contribution in [1.82, 2.24) is 9.78 Å². The maximum Gasteiger partial charge on any atom is 0.171 e. The number of Topliss-reactive ketones (excluding diaryl/α,β-unsaturated/α-hetero) is 1. The summed E-state index contributed by atoms with van der Waals surface area (Å²) in [5.41, 5.74) is 1.96. The summed E-state index contributed by atoms with van der Waals surface area (Å²) in [5, 5.41) is 5.19. The Labute approximate surface area is 127 Å². The van der Waals surface area contributed by atoms with Gasteiger partial charge < -0.3 is 4.74 Å². The molecule has 0 radical (unpaired) electrons. The van der Waals surface area contributed by atoms with Crippen molar-refractivity contribution in [1.29, 1.82) is 0 Å². The Bertz CT molecular complexity index is 665. The van der Waals surface area contributed by atoms with Gasteiger partial charge in [-0.15, -0.1) is 0 Å². The van der Waals surface area contributed by atoms with Gasteiger partial charge in [-0.1, -0.05) is 23.2 Å². The molecule has 6 heteroatoms. The molecule has 2 rings (SSSR count). The van der Waals surface area contributed by atoms with Crippen LogP contribution >= 0.6 is 23.2 Å². The molecule has 1 heterocycles. The van der Waals surface area contributed by atoms with Crippen LogP contribution in [-0.4, -0.2) is 22.7 Å². The molecule has 0 fully saturated rings. The highest BCUT2D eigenvalue weighted by Crippen LogP contribution is 2.26. The molecule has 0 atom stereocenters. The number of aryl methyl sites for hydroxylation is 2. The van der Waals surface area contributed by atoms with Gasteiger partial charge in [-0.25, -0.2) is 0 Å². The van der Waals surface area contributed by atoms with Crippen molar-refractivity contribution in [2.45, 2.75) is 13.3 Å². The molecule has 0 spiro atoms.